The van der Waals surface area contributed by atoms with Gasteiger partial charge in [-0.3, -0.25) is 9.59 Å². The highest BCUT2D eigenvalue weighted by atomic mass is 19.4. The maximum absolute atomic E-state index is 13.0. The van der Waals surface area contributed by atoms with Gasteiger partial charge in [0.1, 0.15) is 0 Å². The van der Waals surface area contributed by atoms with Crippen LogP contribution in [0.5, 0.6) is 0 Å². The average molecular weight is 285 g/mol. The Bertz CT molecular complexity index is 573. The van der Waals surface area contributed by atoms with Crippen molar-refractivity contribution < 1.29 is 27.5 Å². The average Bonchev–Trinajstić information content (AvgIpc) is 2.36. The van der Waals surface area contributed by atoms with Gasteiger partial charge in [-0.25, -0.2) is 0 Å². The minimum absolute atomic E-state index is 0.0122. The number of nitriles is 1. The first-order valence-corrected chi connectivity index (χ1v) is 5.58. The Morgan fingerprint density at radius 3 is 2.55 bits per heavy atom. The van der Waals surface area contributed by atoms with Crippen LogP contribution in [0.4, 0.5) is 13.2 Å². The number of benzene rings is 1. The van der Waals surface area contributed by atoms with Crippen LogP contribution in [0.15, 0.2) is 12.1 Å². The number of alkyl halides is 3. The third-order valence-electron chi connectivity index (χ3n) is 2.43. The summed E-state index contributed by atoms with van der Waals surface area (Å²) in [7, 11) is 0. The van der Waals surface area contributed by atoms with E-state index in [0.717, 1.165) is 12.1 Å². The van der Waals surface area contributed by atoms with Crippen LogP contribution in [-0.4, -0.2) is 18.9 Å². The second-order valence-electron chi connectivity index (χ2n) is 3.81. The molecule has 1 aromatic carbocycles. The highest BCUT2D eigenvalue weighted by molar-refractivity contribution is 5.81. The Balaban J connectivity index is 3.42. The summed E-state index contributed by atoms with van der Waals surface area (Å²) in [6, 6.07) is 3.42. The van der Waals surface area contributed by atoms with E-state index in [9.17, 15) is 22.8 Å². The first kappa shape index (κ1) is 15.7. The van der Waals surface area contributed by atoms with Crippen LogP contribution < -0.4 is 0 Å². The molecule has 0 saturated carbocycles. The van der Waals surface area contributed by atoms with Gasteiger partial charge in [-0.05, 0) is 24.6 Å². The second-order valence-corrected chi connectivity index (χ2v) is 3.81. The molecule has 0 aliphatic carbocycles. The molecule has 7 heteroatoms. The van der Waals surface area contributed by atoms with Crippen LogP contribution in [0.3, 0.4) is 0 Å². The van der Waals surface area contributed by atoms with Gasteiger partial charge in [0, 0.05) is 5.56 Å². The molecule has 0 aromatic heterocycles. The van der Waals surface area contributed by atoms with Crippen molar-refractivity contribution in [3.63, 3.8) is 0 Å². The van der Waals surface area contributed by atoms with Gasteiger partial charge in [0.25, 0.3) is 0 Å². The lowest BCUT2D eigenvalue weighted by Gasteiger charge is -2.15. The summed E-state index contributed by atoms with van der Waals surface area (Å²) in [6.07, 6.45) is -5.44. The van der Waals surface area contributed by atoms with Crippen molar-refractivity contribution in [2.45, 2.75) is 19.5 Å². The molecule has 4 nitrogen and oxygen atoms in total. The number of hydrogen-bond donors (Lipinski definition) is 0. The van der Waals surface area contributed by atoms with Crippen LogP contribution in [0.2, 0.25) is 0 Å². The third-order valence-corrected chi connectivity index (χ3v) is 2.43. The number of rotatable bonds is 4. The largest absolute Gasteiger partial charge is 0.466 e. The zero-order valence-electron chi connectivity index (χ0n) is 10.5. The number of halogens is 3. The highest BCUT2D eigenvalue weighted by Gasteiger charge is 2.37. The van der Waals surface area contributed by atoms with Crippen LogP contribution in [0, 0.1) is 11.3 Å². The van der Waals surface area contributed by atoms with Crippen molar-refractivity contribution in [1.29, 1.82) is 5.26 Å². The second kappa shape index (κ2) is 6.19. The molecular weight excluding hydrogens is 275 g/mol. The van der Waals surface area contributed by atoms with Gasteiger partial charge in [0.2, 0.25) is 0 Å². The van der Waals surface area contributed by atoms with Gasteiger partial charge < -0.3 is 4.74 Å². The Morgan fingerprint density at radius 1 is 1.45 bits per heavy atom. The molecule has 0 fully saturated rings. The third kappa shape index (κ3) is 3.57. The highest BCUT2D eigenvalue weighted by Crippen LogP contribution is 2.35. The smallest absolute Gasteiger partial charge is 0.417 e. The van der Waals surface area contributed by atoms with E-state index in [1.54, 1.807) is 6.07 Å². The molecule has 0 N–H and O–H groups in total. The Labute approximate surface area is 112 Å². The zero-order valence-corrected chi connectivity index (χ0v) is 10.5. The van der Waals surface area contributed by atoms with Crippen LogP contribution in [0.1, 0.15) is 34.0 Å². The predicted octanol–water partition coefficient (Wildman–Crippen LogP) is 2.50. The van der Waals surface area contributed by atoms with Crippen molar-refractivity contribution >= 4 is 12.3 Å². The van der Waals surface area contributed by atoms with E-state index in [0.29, 0.717) is 0 Å². The van der Waals surface area contributed by atoms with Crippen molar-refractivity contribution in [3.8, 4) is 6.07 Å². The lowest BCUT2D eigenvalue weighted by atomic mass is 9.96. The molecule has 0 aliphatic heterocycles. The lowest BCUT2D eigenvalue weighted by Crippen LogP contribution is -2.17. The van der Waals surface area contributed by atoms with Crippen molar-refractivity contribution in [1.82, 2.24) is 0 Å². The Morgan fingerprint density at radius 2 is 2.10 bits per heavy atom. The number of hydrogen-bond acceptors (Lipinski definition) is 4. The molecule has 0 amide bonds. The van der Waals surface area contributed by atoms with E-state index in [1.807, 2.05) is 0 Å². The molecular formula is C13H10F3NO3. The van der Waals surface area contributed by atoms with Gasteiger partial charge in [0.05, 0.1) is 30.2 Å². The number of aldehydes is 1. The monoisotopic (exact) mass is 285 g/mol. The fraction of sp³-hybridized carbons (Fsp3) is 0.308. The number of carbonyl (C=O) groups is 2. The lowest BCUT2D eigenvalue weighted by molar-refractivity contribution is -0.143. The van der Waals surface area contributed by atoms with E-state index in [4.69, 9.17) is 5.26 Å². The molecule has 0 radical (unpaired) electrons. The summed E-state index contributed by atoms with van der Waals surface area (Å²) >= 11 is 0. The minimum Gasteiger partial charge on any atom is -0.466 e. The molecule has 0 heterocycles. The molecule has 106 valence electrons. The summed E-state index contributed by atoms with van der Waals surface area (Å²) in [5.41, 5.74) is -2.45. The van der Waals surface area contributed by atoms with Crippen LogP contribution in [-0.2, 0) is 22.1 Å². The van der Waals surface area contributed by atoms with Gasteiger partial charge in [-0.15, -0.1) is 0 Å². The zero-order chi connectivity index (χ0) is 15.3. The summed E-state index contributed by atoms with van der Waals surface area (Å²) < 4.78 is 43.5. The Kier molecular flexibility index (Phi) is 4.86. The normalized spacial score (nSPS) is 10.8. The van der Waals surface area contributed by atoms with Crippen LogP contribution in [0.25, 0.3) is 0 Å². The van der Waals surface area contributed by atoms with E-state index in [-0.39, 0.29) is 18.5 Å². The molecule has 0 saturated heterocycles. The molecule has 0 spiro atoms. The first-order chi connectivity index (χ1) is 9.33. The maximum atomic E-state index is 13.0. The van der Waals surface area contributed by atoms with E-state index in [2.05, 4.69) is 4.74 Å². The number of carbonyl (C=O) groups excluding carboxylic acids is 2. The molecule has 1 rings (SSSR count). The standard InChI is InChI=1S/C13H10F3NO3/c1-2-20-11(19)5-9-3-8(6-17)4-10(7-18)12(9)13(14,15)16/h3-4,7H,2,5H2,1H3. The van der Waals surface area contributed by atoms with E-state index >= 15 is 0 Å². The van der Waals surface area contributed by atoms with Gasteiger partial charge in [-0.1, -0.05) is 0 Å². The molecule has 0 bridgehead atoms. The van der Waals surface area contributed by atoms with Crippen molar-refractivity contribution in [2.24, 2.45) is 0 Å². The van der Waals surface area contributed by atoms with Crippen LogP contribution >= 0.6 is 0 Å². The van der Waals surface area contributed by atoms with Crippen molar-refractivity contribution in [2.75, 3.05) is 6.61 Å². The molecule has 20 heavy (non-hydrogen) atoms. The first-order valence-electron chi connectivity index (χ1n) is 5.58. The minimum atomic E-state index is -4.80. The summed E-state index contributed by atoms with van der Waals surface area (Å²) in [6.45, 7) is 1.55. The Hall–Kier alpha value is -2.36. The summed E-state index contributed by atoms with van der Waals surface area (Å²) in [4.78, 5) is 22.1. The fourth-order valence-electron chi connectivity index (χ4n) is 1.74. The quantitative estimate of drug-likeness (QED) is 0.629. The van der Waals surface area contributed by atoms with Gasteiger partial charge >= 0.3 is 12.1 Å². The van der Waals surface area contributed by atoms with Gasteiger partial charge in [-0.2, -0.15) is 18.4 Å². The predicted molar refractivity (Wildman–Crippen MR) is 61.9 cm³/mol. The summed E-state index contributed by atoms with van der Waals surface area (Å²) in [5.74, 6) is -0.857. The summed E-state index contributed by atoms with van der Waals surface area (Å²) in [5, 5.41) is 8.75. The SMILES string of the molecule is CCOC(=O)Cc1cc(C#N)cc(C=O)c1C(F)(F)F. The van der Waals surface area contributed by atoms with Gasteiger partial charge in [0.15, 0.2) is 6.29 Å². The number of nitrogens with zero attached hydrogens (tertiary/aromatic N) is 1. The van der Waals surface area contributed by atoms with E-state index < -0.39 is 35.3 Å². The van der Waals surface area contributed by atoms with Crippen molar-refractivity contribution in [3.05, 3.63) is 34.4 Å². The molecule has 0 atom stereocenters. The molecule has 0 aliphatic rings. The molecule has 0 unspecified atom stereocenters. The topological polar surface area (TPSA) is 67.2 Å². The molecule has 1 aromatic rings. The van der Waals surface area contributed by atoms with E-state index in [1.165, 1.54) is 6.92 Å². The fourth-order valence-corrected chi connectivity index (χ4v) is 1.74. The number of esters is 1. The maximum Gasteiger partial charge on any atom is 0.417 e. The number of ether oxygens (including phenoxy) is 1.